The van der Waals surface area contributed by atoms with Crippen LogP contribution in [0, 0.1) is 0 Å². The highest BCUT2D eigenvalue weighted by Crippen LogP contribution is 2.33. The van der Waals surface area contributed by atoms with E-state index in [2.05, 4.69) is 15.1 Å². The van der Waals surface area contributed by atoms with Gasteiger partial charge in [0.15, 0.2) is 28.8 Å². The Hall–Kier alpha value is -4.54. The van der Waals surface area contributed by atoms with E-state index in [0.29, 0.717) is 54.7 Å². The molecule has 1 fully saturated rings. The van der Waals surface area contributed by atoms with Gasteiger partial charge in [-0.25, -0.2) is 0 Å². The van der Waals surface area contributed by atoms with E-state index in [9.17, 15) is 9.59 Å². The fraction of sp³-hybridized carbons (Fsp3) is 0.400. The Kier molecular flexibility index (Phi) is 8.71. The van der Waals surface area contributed by atoms with Crippen molar-refractivity contribution in [3.63, 3.8) is 0 Å². The van der Waals surface area contributed by atoms with Crippen LogP contribution in [0.25, 0.3) is 11.3 Å². The highest BCUT2D eigenvalue weighted by molar-refractivity contribution is 5.97. The molecular formula is C30H35N5O6. The molecule has 0 aliphatic carbocycles. The number of ether oxygens (including phenoxy) is 4. The Balaban J connectivity index is 1.20. The molecule has 3 aromatic rings. The van der Waals surface area contributed by atoms with Gasteiger partial charge >= 0.3 is 0 Å². The number of aromatic nitrogens is 2. The fourth-order valence-electron chi connectivity index (χ4n) is 5.04. The lowest BCUT2D eigenvalue weighted by molar-refractivity contribution is -0.131. The van der Waals surface area contributed by atoms with Gasteiger partial charge in [-0.15, -0.1) is 10.2 Å². The molecule has 0 N–H and O–H groups in total. The summed E-state index contributed by atoms with van der Waals surface area (Å²) >= 11 is 0. The molecule has 0 unspecified atom stereocenters. The standard InChI is InChI=1S/C30H35N5O6/c1-4-12-35(30(37)22-7-10-25-27(18-22)41-20-40-25)19-29(36)34-14-5-13-33(15-16-34)28-11-8-23(31-32-28)21-6-9-24(38-2)26(17-21)39-3/h6-11,17-18H,4-5,12-16,19-20H2,1-3H3. The van der Waals surface area contributed by atoms with Crippen molar-refractivity contribution in [3.05, 3.63) is 54.1 Å². The minimum Gasteiger partial charge on any atom is -0.493 e. The maximum atomic E-state index is 13.3. The molecule has 2 aliphatic heterocycles. The lowest BCUT2D eigenvalue weighted by Crippen LogP contribution is -2.44. The maximum absolute atomic E-state index is 13.3. The SMILES string of the molecule is CCCN(CC(=O)N1CCCN(c2ccc(-c3ccc(OC)c(OC)c3)nn2)CC1)C(=O)c1ccc2c(c1)OCO2. The van der Waals surface area contributed by atoms with E-state index < -0.39 is 0 Å². The van der Waals surface area contributed by atoms with Gasteiger partial charge in [0.05, 0.1) is 19.9 Å². The third kappa shape index (κ3) is 6.29. The molecule has 2 aliphatic rings. The smallest absolute Gasteiger partial charge is 0.254 e. The first-order chi connectivity index (χ1) is 20.0. The third-order valence-electron chi connectivity index (χ3n) is 7.23. The summed E-state index contributed by atoms with van der Waals surface area (Å²) in [5, 5.41) is 8.91. The van der Waals surface area contributed by atoms with Crippen molar-refractivity contribution in [2.24, 2.45) is 0 Å². The summed E-state index contributed by atoms with van der Waals surface area (Å²) in [5.41, 5.74) is 2.08. The van der Waals surface area contributed by atoms with Crippen LogP contribution in [0.4, 0.5) is 5.82 Å². The van der Waals surface area contributed by atoms with Crippen LogP contribution in [0.1, 0.15) is 30.1 Å². The normalized spacial score (nSPS) is 14.4. The number of nitrogens with zero attached hydrogens (tertiary/aromatic N) is 5. The Bertz CT molecular complexity index is 1380. The molecule has 11 nitrogen and oxygen atoms in total. The van der Waals surface area contributed by atoms with Crippen molar-refractivity contribution in [1.29, 1.82) is 0 Å². The van der Waals surface area contributed by atoms with Gasteiger partial charge in [0, 0.05) is 43.9 Å². The number of anilines is 1. The van der Waals surface area contributed by atoms with E-state index in [4.69, 9.17) is 18.9 Å². The Labute approximate surface area is 239 Å². The van der Waals surface area contributed by atoms with Crippen LogP contribution < -0.4 is 23.8 Å². The highest BCUT2D eigenvalue weighted by atomic mass is 16.7. The fourth-order valence-corrected chi connectivity index (χ4v) is 5.04. The van der Waals surface area contributed by atoms with Crippen LogP contribution in [-0.2, 0) is 4.79 Å². The molecule has 3 heterocycles. The van der Waals surface area contributed by atoms with Crippen molar-refractivity contribution in [2.75, 3.05) is 65.2 Å². The average Bonchev–Trinajstić information content (AvgIpc) is 3.34. The number of benzene rings is 2. The topological polar surface area (TPSA) is 107 Å². The first-order valence-corrected chi connectivity index (χ1v) is 13.8. The lowest BCUT2D eigenvalue weighted by Gasteiger charge is -2.27. The first kappa shape index (κ1) is 28.0. The number of hydrogen-bond donors (Lipinski definition) is 0. The van der Waals surface area contributed by atoms with Crippen molar-refractivity contribution >= 4 is 17.6 Å². The lowest BCUT2D eigenvalue weighted by atomic mass is 10.1. The predicted molar refractivity (Wildman–Crippen MR) is 153 cm³/mol. The van der Waals surface area contributed by atoms with E-state index in [0.717, 1.165) is 36.5 Å². The Morgan fingerprint density at radius 2 is 1.73 bits per heavy atom. The zero-order valence-electron chi connectivity index (χ0n) is 23.7. The van der Waals surface area contributed by atoms with Gasteiger partial charge in [-0.05, 0) is 61.4 Å². The summed E-state index contributed by atoms with van der Waals surface area (Å²) in [6.07, 6.45) is 1.53. The van der Waals surface area contributed by atoms with Crippen LogP contribution >= 0.6 is 0 Å². The van der Waals surface area contributed by atoms with Gasteiger partial charge in [-0.1, -0.05) is 6.92 Å². The zero-order valence-corrected chi connectivity index (χ0v) is 23.7. The van der Waals surface area contributed by atoms with Gasteiger partial charge in [-0.2, -0.15) is 0 Å². The second-order valence-corrected chi connectivity index (χ2v) is 9.86. The molecule has 2 aromatic carbocycles. The predicted octanol–water partition coefficient (Wildman–Crippen LogP) is 3.48. The molecule has 2 amide bonds. The largest absolute Gasteiger partial charge is 0.493 e. The molecule has 11 heteroatoms. The quantitative estimate of drug-likeness (QED) is 0.388. The summed E-state index contributed by atoms with van der Waals surface area (Å²) in [6.45, 7) is 5.18. The van der Waals surface area contributed by atoms with Crippen LogP contribution in [0.3, 0.4) is 0 Å². The third-order valence-corrected chi connectivity index (χ3v) is 7.23. The van der Waals surface area contributed by atoms with Crippen molar-refractivity contribution < 1.29 is 28.5 Å². The summed E-state index contributed by atoms with van der Waals surface area (Å²) < 4.78 is 21.5. The average molecular weight is 562 g/mol. The number of fused-ring (bicyclic) bond motifs is 1. The minimum absolute atomic E-state index is 0.0287. The molecular weight excluding hydrogens is 526 g/mol. The molecule has 0 saturated carbocycles. The summed E-state index contributed by atoms with van der Waals surface area (Å²) in [4.78, 5) is 32.2. The molecule has 1 aromatic heterocycles. The van der Waals surface area contributed by atoms with Gasteiger partial charge < -0.3 is 33.6 Å². The molecule has 0 spiro atoms. The van der Waals surface area contributed by atoms with Gasteiger partial charge in [-0.3, -0.25) is 9.59 Å². The number of carbonyl (C=O) groups excluding carboxylic acids is 2. The maximum Gasteiger partial charge on any atom is 0.254 e. The second-order valence-electron chi connectivity index (χ2n) is 9.86. The van der Waals surface area contributed by atoms with Crippen LogP contribution in [0.15, 0.2) is 48.5 Å². The van der Waals surface area contributed by atoms with Crippen molar-refractivity contribution in [3.8, 4) is 34.3 Å². The van der Waals surface area contributed by atoms with E-state index in [1.807, 2.05) is 42.2 Å². The number of carbonyl (C=O) groups is 2. The van der Waals surface area contributed by atoms with Crippen molar-refractivity contribution in [1.82, 2.24) is 20.0 Å². The molecule has 1 saturated heterocycles. The summed E-state index contributed by atoms with van der Waals surface area (Å²) in [6, 6.07) is 14.6. The summed E-state index contributed by atoms with van der Waals surface area (Å²) in [5.74, 6) is 2.95. The van der Waals surface area contributed by atoms with Crippen LogP contribution in [-0.4, -0.2) is 92.1 Å². The number of amides is 2. The highest BCUT2D eigenvalue weighted by Gasteiger charge is 2.26. The monoisotopic (exact) mass is 561 g/mol. The first-order valence-electron chi connectivity index (χ1n) is 13.8. The van der Waals surface area contributed by atoms with Crippen molar-refractivity contribution in [2.45, 2.75) is 19.8 Å². The van der Waals surface area contributed by atoms with Crippen LogP contribution in [0.2, 0.25) is 0 Å². The number of rotatable bonds is 9. The molecule has 5 rings (SSSR count). The van der Waals surface area contributed by atoms with E-state index in [1.165, 1.54) is 0 Å². The van der Waals surface area contributed by atoms with Gasteiger partial charge in [0.2, 0.25) is 12.7 Å². The molecule has 0 radical (unpaired) electrons. The number of methoxy groups -OCH3 is 2. The van der Waals surface area contributed by atoms with E-state index in [1.54, 1.807) is 37.3 Å². The number of hydrogen-bond acceptors (Lipinski definition) is 9. The Morgan fingerprint density at radius 1 is 0.902 bits per heavy atom. The van der Waals surface area contributed by atoms with E-state index in [-0.39, 0.29) is 25.2 Å². The second kappa shape index (κ2) is 12.8. The molecule has 41 heavy (non-hydrogen) atoms. The van der Waals surface area contributed by atoms with Crippen LogP contribution in [0.5, 0.6) is 23.0 Å². The molecule has 216 valence electrons. The molecule has 0 atom stereocenters. The van der Waals surface area contributed by atoms with Gasteiger partial charge in [0.1, 0.15) is 6.54 Å². The Morgan fingerprint density at radius 3 is 2.49 bits per heavy atom. The van der Waals surface area contributed by atoms with Gasteiger partial charge in [0.25, 0.3) is 5.91 Å². The van der Waals surface area contributed by atoms with E-state index >= 15 is 0 Å². The zero-order chi connectivity index (χ0) is 28.8. The minimum atomic E-state index is -0.195. The molecule has 0 bridgehead atoms. The summed E-state index contributed by atoms with van der Waals surface area (Å²) in [7, 11) is 3.20.